The number of aromatic nitrogens is 6. The molecule has 2 atom stereocenters. The molecule has 1 unspecified atom stereocenters. The first kappa shape index (κ1) is 36.4. The monoisotopic (exact) mass is 717 g/mol. The van der Waals surface area contributed by atoms with Gasteiger partial charge < -0.3 is 19.1 Å². The Balaban J connectivity index is 1.18. The Kier molecular flexibility index (Phi) is 10.5. The Morgan fingerprint density at radius 3 is 2.55 bits per heavy atom. The fourth-order valence-corrected chi connectivity index (χ4v) is 7.01. The van der Waals surface area contributed by atoms with Gasteiger partial charge in [0.05, 0.1) is 31.5 Å². The minimum atomic E-state index is -1.15. The van der Waals surface area contributed by atoms with E-state index in [1.807, 2.05) is 57.3 Å². The van der Waals surface area contributed by atoms with Crippen LogP contribution in [-0.2, 0) is 20.9 Å². The van der Waals surface area contributed by atoms with E-state index >= 15 is 0 Å². The summed E-state index contributed by atoms with van der Waals surface area (Å²) in [6.07, 6.45) is 4.93. The third kappa shape index (κ3) is 8.59. The lowest BCUT2D eigenvalue weighted by atomic mass is 10.0. The van der Waals surface area contributed by atoms with E-state index in [0.717, 1.165) is 29.3 Å². The molecule has 0 radical (unpaired) electrons. The maximum absolute atomic E-state index is 14.1. The van der Waals surface area contributed by atoms with Crippen molar-refractivity contribution in [1.82, 2.24) is 39.2 Å². The summed E-state index contributed by atoms with van der Waals surface area (Å²) in [4.78, 5) is 41.9. The van der Waals surface area contributed by atoms with Gasteiger partial charge in [0.2, 0.25) is 0 Å². The van der Waals surface area contributed by atoms with Crippen LogP contribution in [0.15, 0.2) is 49.1 Å². The SMILES string of the molecule is CC(C)[C@H]1CN(CC2COCCN2C(=O)OC(C)(C)C)C(=O)N1c1ccn2ncc(-c3ccc(-c4ncn(COCC[Si](C)(C)C)n4)cc3)c2n1. The second-order valence-electron chi connectivity index (χ2n) is 15.9. The fraction of sp³-hybridized carbons (Fsp3) is 0.556. The molecule has 3 amide bonds. The number of hydrogen-bond acceptors (Lipinski definition) is 9. The average Bonchev–Trinajstić information content (AvgIpc) is 3.80. The molecule has 14 nitrogen and oxygen atoms in total. The molecule has 6 rings (SSSR count). The molecule has 0 spiro atoms. The molecule has 51 heavy (non-hydrogen) atoms. The summed E-state index contributed by atoms with van der Waals surface area (Å²) in [5.41, 5.74) is 2.69. The van der Waals surface area contributed by atoms with E-state index < -0.39 is 19.8 Å². The van der Waals surface area contributed by atoms with E-state index in [4.69, 9.17) is 19.2 Å². The van der Waals surface area contributed by atoms with Crippen molar-refractivity contribution in [3.63, 3.8) is 0 Å². The van der Waals surface area contributed by atoms with Gasteiger partial charge in [0, 0.05) is 51.6 Å². The number of morpholine rings is 1. The van der Waals surface area contributed by atoms with Gasteiger partial charge in [0.25, 0.3) is 0 Å². The van der Waals surface area contributed by atoms with Crippen molar-refractivity contribution in [3.8, 4) is 22.5 Å². The third-order valence-electron chi connectivity index (χ3n) is 9.08. The van der Waals surface area contributed by atoms with Gasteiger partial charge >= 0.3 is 12.1 Å². The van der Waals surface area contributed by atoms with Gasteiger partial charge in [-0.25, -0.2) is 28.8 Å². The summed E-state index contributed by atoms with van der Waals surface area (Å²) in [7, 11) is -1.15. The van der Waals surface area contributed by atoms with Crippen molar-refractivity contribution < 1.29 is 23.8 Å². The standard InChI is InChI=1S/C36H51N9O5Si/c1-25(2)30-21-41(20-28-22-48-16-15-43(28)35(47)50-36(3,4)5)34(46)45(30)31-13-14-44-33(39-31)29(19-38-44)26-9-11-27(12-10-26)32-37-23-42(40-32)24-49-17-18-51(6,7)8/h9-14,19,23,25,28,30H,15-18,20-22,24H2,1-8H3/t28?,30-/m1/s1. The number of fused-ring (bicyclic) bond motifs is 1. The Labute approximate surface area is 300 Å². The third-order valence-corrected chi connectivity index (χ3v) is 10.8. The Morgan fingerprint density at radius 1 is 1.10 bits per heavy atom. The van der Waals surface area contributed by atoms with Gasteiger partial charge in [-0.3, -0.25) is 9.80 Å². The first-order valence-electron chi connectivity index (χ1n) is 17.7. The maximum Gasteiger partial charge on any atom is 0.410 e. The van der Waals surface area contributed by atoms with E-state index in [1.165, 1.54) is 0 Å². The number of nitrogens with zero attached hydrogens (tertiary/aromatic N) is 9. The van der Waals surface area contributed by atoms with E-state index in [0.29, 0.717) is 56.9 Å². The number of amides is 3. The second-order valence-corrected chi connectivity index (χ2v) is 21.5. The summed E-state index contributed by atoms with van der Waals surface area (Å²) in [6.45, 7) is 19.9. The van der Waals surface area contributed by atoms with Crippen LogP contribution in [0.5, 0.6) is 0 Å². The maximum atomic E-state index is 14.1. The molecule has 2 fully saturated rings. The van der Waals surface area contributed by atoms with Crippen molar-refractivity contribution >= 4 is 31.7 Å². The largest absolute Gasteiger partial charge is 0.444 e. The van der Waals surface area contributed by atoms with Gasteiger partial charge in [-0.05, 0) is 44.4 Å². The first-order valence-corrected chi connectivity index (χ1v) is 21.5. The van der Waals surface area contributed by atoms with Crippen LogP contribution in [0.2, 0.25) is 25.7 Å². The molecule has 15 heteroatoms. The molecule has 4 aromatic rings. The summed E-state index contributed by atoms with van der Waals surface area (Å²) < 4.78 is 20.7. The lowest BCUT2D eigenvalue weighted by molar-refractivity contribution is -0.0364. The molecule has 3 aromatic heterocycles. The molecule has 2 aliphatic heterocycles. The lowest BCUT2D eigenvalue weighted by Crippen LogP contribution is -2.55. The quantitative estimate of drug-likeness (QED) is 0.138. The zero-order valence-corrected chi connectivity index (χ0v) is 32.1. The highest BCUT2D eigenvalue weighted by Gasteiger charge is 2.43. The molecular weight excluding hydrogens is 667 g/mol. The van der Waals surface area contributed by atoms with E-state index in [1.54, 1.807) is 36.4 Å². The molecule has 0 bridgehead atoms. The number of hydrogen-bond donors (Lipinski definition) is 0. The second kappa shape index (κ2) is 14.7. The van der Waals surface area contributed by atoms with Crippen LogP contribution in [0, 0.1) is 5.92 Å². The van der Waals surface area contributed by atoms with E-state index in [2.05, 4.69) is 48.7 Å². The van der Waals surface area contributed by atoms with Crippen LogP contribution in [0.4, 0.5) is 15.4 Å². The van der Waals surface area contributed by atoms with Crippen LogP contribution in [0.25, 0.3) is 28.2 Å². The van der Waals surface area contributed by atoms with Gasteiger partial charge in [-0.2, -0.15) is 5.10 Å². The summed E-state index contributed by atoms with van der Waals surface area (Å²) >= 11 is 0. The Morgan fingerprint density at radius 2 is 1.84 bits per heavy atom. The van der Waals surface area contributed by atoms with Crippen molar-refractivity contribution in [3.05, 3.63) is 49.1 Å². The minimum Gasteiger partial charge on any atom is -0.444 e. The van der Waals surface area contributed by atoms with Crippen LogP contribution in [0.1, 0.15) is 34.6 Å². The average molecular weight is 718 g/mol. The van der Waals surface area contributed by atoms with Crippen LogP contribution in [0.3, 0.4) is 0 Å². The fourth-order valence-electron chi connectivity index (χ4n) is 6.25. The number of benzene rings is 1. The molecule has 2 saturated heterocycles. The van der Waals surface area contributed by atoms with Gasteiger partial charge in [-0.1, -0.05) is 57.8 Å². The summed E-state index contributed by atoms with van der Waals surface area (Å²) in [6, 6.07) is 10.3. The number of carbonyl (C=O) groups excluding carboxylic acids is 2. The van der Waals surface area contributed by atoms with Gasteiger partial charge in [0.15, 0.2) is 11.5 Å². The highest BCUT2D eigenvalue weighted by Crippen LogP contribution is 2.31. The molecular formula is C36H51N9O5Si. The Hall–Kier alpha value is -4.34. The number of rotatable bonds is 11. The molecule has 2 aliphatic rings. The molecule has 0 N–H and O–H groups in total. The zero-order chi connectivity index (χ0) is 36.5. The van der Waals surface area contributed by atoms with Crippen LogP contribution >= 0.6 is 0 Å². The first-order chi connectivity index (χ1) is 24.2. The van der Waals surface area contributed by atoms with Crippen LogP contribution in [-0.4, -0.2) is 117 Å². The molecule has 1 aromatic carbocycles. The topological polar surface area (TPSA) is 132 Å². The number of anilines is 1. The predicted octanol–water partition coefficient (Wildman–Crippen LogP) is 5.87. The van der Waals surface area contributed by atoms with E-state index in [-0.39, 0.29) is 24.0 Å². The smallest absolute Gasteiger partial charge is 0.410 e. The van der Waals surface area contributed by atoms with Crippen molar-refractivity contribution in [1.29, 1.82) is 0 Å². The van der Waals surface area contributed by atoms with Crippen molar-refractivity contribution in [2.24, 2.45) is 5.92 Å². The lowest BCUT2D eigenvalue weighted by Gasteiger charge is -2.38. The molecule has 0 aliphatic carbocycles. The Bertz CT molecular complexity index is 1830. The number of carbonyl (C=O) groups is 2. The summed E-state index contributed by atoms with van der Waals surface area (Å²) in [5, 5.41) is 9.15. The molecule has 274 valence electrons. The predicted molar refractivity (Wildman–Crippen MR) is 197 cm³/mol. The van der Waals surface area contributed by atoms with Gasteiger partial charge in [0.1, 0.15) is 24.5 Å². The zero-order valence-electron chi connectivity index (χ0n) is 31.1. The van der Waals surface area contributed by atoms with E-state index in [9.17, 15) is 9.59 Å². The minimum absolute atomic E-state index is 0.115. The molecule has 0 saturated carbocycles. The number of ether oxygens (including phenoxy) is 3. The van der Waals surface area contributed by atoms with Gasteiger partial charge in [-0.15, -0.1) is 5.10 Å². The highest BCUT2D eigenvalue weighted by molar-refractivity contribution is 6.76. The van der Waals surface area contributed by atoms with Crippen molar-refractivity contribution in [2.75, 3.05) is 44.4 Å². The highest BCUT2D eigenvalue weighted by atomic mass is 28.3. The summed E-state index contributed by atoms with van der Waals surface area (Å²) in [5.74, 6) is 1.34. The number of urea groups is 1. The normalized spacial score (nSPS) is 18.8. The molecule has 5 heterocycles. The van der Waals surface area contributed by atoms with Crippen LogP contribution < -0.4 is 4.90 Å². The van der Waals surface area contributed by atoms with Crippen molar-refractivity contribution in [2.45, 2.75) is 84.7 Å².